The van der Waals surface area contributed by atoms with Crippen LogP contribution in [0, 0.1) is 0 Å². The fourth-order valence-electron chi connectivity index (χ4n) is 2.18. The van der Waals surface area contributed by atoms with E-state index in [1.165, 1.54) is 0 Å². The minimum atomic E-state index is -0.145. The van der Waals surface area contributed by atoms with Gasteiger partial charge in [0.1, 0.15) is 18.4 Å². The van der Waals surface area contributed by atoms with Crippen LogP contribution in [0.4, 0.5) is 0 Å². The van der Waals surface area contributed by atoms with Crippen molar-refractivity contribution in [1.29, 1.82) is 0 Å². The molecule has 0 aliphatic carbocycles. The van der Waals surface area contributed by atoms with Gasteiger partial charge in [0.25, 0.3) is 0 Å². The summed E-state index contributed by atoms with van der Waals surface area (Å²) < 4.78 is 11.2. The molecule has 0 radical (unpaired) electrons. The number of methoxy groups -OCH3 is 1. The lowest BCUT2D eigenvalue weighted by Gasteiger charge is -2.16. The van der Waals surface area contributed by atoms with E-state index in [-0.39, 0.29) is 6.10 Å². The zero-order chi connectivity index (χ0) is 15.9. The Labute approximate surface area is 134 Å². The zero-order valence-electron chi connectivity index (χ0n) is 12.8. The molecule has 23 heavy (non-hydrogen) atoms. The van der Waals surface area contributed by atoms with Gasteiger partial charge in [0, 0.05) is 19.4 Å². The third-order valence-corrected chi connectivity index (χ3v) is 3.41. The molecule has 3 rings (SSSR count). The fourth-order valence-corrected chi connectivity index (χ4v) is 2.18. The lowest BCUT2D eigenvalue weighted by atomic mass is 10.1. The number of benzene rings is 1. The van der Waals surface area contributed by atoms with Crippen LogP contribution in [0.5, 0.6) is 5.88 Å². The first kappa shape index (κ1) is 15.1. The van der Waals surface area contributed by atoms with E-state index in [9.17, 15) is 0 Å². The number of hydrogen-bond donors (Lipinski definition) is 0. The van der Waals surface area contributed by atoms with Gasteiger partial charge in [-0.25, -0.2) is 0 Å². The summed E-state index contributed by atoms with van der Waals surface area (Å²) in [6.07, 6.45) is 1.58. The Morgan fingerprint density at radius 3 is 2.35 bits per heavy atom. The SMILES string of the molecule is CO[C@@H](COc1ccc(-c2ccccn2)nn1)c1ccccc1. The molecule has 2 aromatic heterocycles. The summed E-state index contributed by atoms with van der Waals surface area (Å²) >= 11 is 0. The Bertz CT molecular complexity index is 718. The lowest BCUT2D eigenvalue weighted by Crippen LogP contribution is -2.13. The summed E-state index contributed by atoms with van der Waals surface area (Å²) in [5, 5.41) is 8.23. The number of pyridine rings is 1. The molecule has 0 aliphatic rings. The van der Waals surface area contributed by atoms with Crippen LogP contribution >= 0.6 is 0 Å². The molecular weight excluding hydrogens is 290 g/mol. The van der Waals surface area contributed by atoms with Gasteiger partial charge >= 0.3 is 0 Å². The first-order valence-corrected chi connectivity index (χ1v) is 7.32. The number of hydrogen-bond acceptors (Lipinski definition) is 5. The maximum atomic E-state index is 5.69. The molecular formula is C18H17N3O2. The molecule has 3 aromatic rings. The minimum absolute atomic E-state index is 0.145. The third-order valence-electron chi connectivity index (χ3n) is 3.41. The highest BCUT2D eigenvalue weighted by molar-refractivity contribution is 5.52. The Kier molecular flexibility index (Phi) is 4.91. The van der Waals surface area contributed by atoms with Gasteiger partial charge in [-0.15, -0.1) is 10.2 Å². The average molecular weight is 307 g/mol. The van der Waals surface area contributed by atoms with Gasteiger partial charge in [0.2, 0.25) is 5.88 Å². The first-order valence-electron chi connectivity index (χ1n) is 7.32. The van der Waals surface area contributed by atoms with Crippen LogP contribution in [-0.2, 0) is 4.74 Å². The molecule has 116 valence electrons. The zero-order valence-corrected chi connectivity index (χ0v) is 12.8. The van der Waals surface area contributed by atoms with E-state index in [1.54, 1.807) is 19.4 Å². The molecule has 2 heterocycles. The van der Waals surface area contributed by atoms with Crippen LogP contribution in [0.3, 0.4) is 0 Å². The van der Waals surface area contributed by atoms with E-state index in [0.717, 1.165) is 11.3 Å². The smallest absolute Gasteiger partial charge is 0.233 e. The third kappa shape index (κ3) is 3.90. The summed E-state index contributed by atoms with van der Waals surface area (Å²) in [4.78, 5) is 4.24. The van der Waals surface area contributed by atoms with E-state index in [4.69, 9.17) is 9.47 Å². The Morgan fingerprint density at radius 1 is 0.870 bits per heavy atom. The van der Waals surface area contributed by atoms with Crippen LogP contribution in [-0.4, -0.2) is 28.9 Å². The van der Waals surface area contributed by atoms with E-state index in [1.807, 2.05) is 54.6 Å². The van der Waals surface area contributed by atoms with E-state index >= 15 is 0 Å². The largest absolute Gasteiger partial charge is 0.473 e. The van der Waals surface area contributed by atoms with Crippen molar-refractivity contribution in [2.45, 2.75) is 6.10 Å². The Hall–Kier alpha value is -2.79. The van der Waals surface area contributed by atoms with Crippen molar-refractivity contribution >= 4 is 0 Å². The van der Waals surface area contributed by atoms with E-state index < -0.39 is 0 Å². The molecule has 0 spiro atoms. The van der Waals surface area contributed by atoms with Crippen LogP contribution in [0.2, 0.25) is 0 Å². The van der Waals surface area contributed by atoms with E-state index in [2.05, 4.69) is 15.2 Å². The lowest BCUT2D eigenvalue weighted by molar-refractivity contribution is 0.0556. The molecule has 1 aromatic carbocycles. The minimum Gasteiger partial charge on any atom is -0.473 e. The summed E-state index contributed by atoms with van der Waals surface area (Å²) in [7, 11) is 1.66. The maximum Gasteiger partial charge on any atom is 0.233 e. The molecule has 0 bridgehead atoms. The van der Waals surface area contributed by atoms with Crippen LogP contribution in [0.1, 0.15) is 11.7 Å². The number of nitrogens with zero attached hydrogens (tertiary/aromatic N) is 3. The van der Waals surface area contributed by atoms with Crippen LogP contribution < -0.4 is 4.74 Å². The van der Waals surface area contributed by atoms with Crippen molar-refractivity contribution in [3.8, 4) is 17.3 Å². The molecule has 5 nitrogen and oxygen atoms in total. The van der Waals surface area contributed by atoms with Gasteiger partial charge in [-0.2, -0.15) is 0 Å². The second-order valence-corrected chi connectivity index (χ2v) is 4.92. The predicted molar refractivity (Wildman–Crippen MR) is 87.0 cm³/mol. The molecule has 0 saturated heterocycles. The first-order chi connectivity index (χ1) is 11.4. The molecule has 0 unspecified atom stereocenters. The van der Waals surface area contributed by atoms with Crippen molar-refractivity contribution in [1.82, 2.24) is 15.2 Å². The van der Waals surface area contributed by atoms with Crippen molar-refractivity contribution < 1.29 is 9.47 Å². The fraction of sp³-hybridized carbons (Fsp3) is 0.167. The quantitative estimate of drug-likeness (QED) is 0.699. The van der Waals surface area contributed by atoms with Gasteiger partial charge in [-0.1, -0.05) is 36.4 Å². The Balaban J connectivity index is 1.64. The number of aromatic nitrogens is 3. The van der Waals surface area contributed by atoms with Gasteiger partial charge in [-0.05, 0) is 23.8 Å². The number of ether oxygens (including phenoxy) is 2. The second-order valence-electron chi connectivity index (χ2n) is 4.92. The standard InChI is InChI=1S/C18H17N3O2/c1-22-17(14-7-3-2-4-8-14)13-23-18-11-10-16(20-21-18)15-9-5-6-12-19-15/h2-12,17H,13H2,1H3/t17-/m0/s1. The summed E-state index contributed by atoms with van der Waals surface area (Å²) in [5.74, 6) is 0.461. The van der Waals surface area contributed by atoms with Crippen molar-refractivity contribution in [2.24, 2.45) is 0 Å². The summed E-state index contributed by atoms with van der Waals surface area (Å²) in [5.41, 5.74) is 2.56. The molecule has 0 aliphatic heterocycles. The topological polar surface area (TPSA) is 57.1 Å². The van der Waals surface area contributed by atoms with Crippen molar-refractivity contribution in [3.63, 3.8) is 0 Å². The Morgan fingerprint density at radius 2 is 1.70 bits per heavy atom. The van der Waals surface area contributed by atoms with Crippen molar-refractivity contribution in [3.05, 3.63) is 72.4 Å². The van der Waals surface area contributed by atoms with Crippen molar-refractivity contribution in [2.75, 3.05) is 13.7 Å². The predicted octanol–water partition coefficient (Wildman–Crippen LogP) is 3.31. The molecule has 1 atom stereocenters. The average Bonchev–Trinajstić information content (AvgIpc) is 2.64. The molecule has 5 heteroatoms. The van der Waals surface area contributed by atoms with Gasteiger partial charge in [0.15, 0.2) is 0 Å². The van der Waals surface area contributed by atoms with E-state index in [0.29, 0.717) is 18.2 Å². The maximum absolute atomic E-state index is 5.69. The summed E-state index contributed by atoms with van der Waals surface area (Å²) in [6, 6.07) is 19.2. The highest BCUT2D eigenvalue weighted by Crippen LogP contribution is 2.19. The highest BCUT2D eigenvalue weighted by atomic mass is 16.5. The highest BCUT2D eigenvalue weighted by Gasteiger charge is 2.11. The molecule has 0 N–H and O–H groups in total. The monoisotopic (exact) mass is 307 g/mol. The normalized spacial score (nSPS) is 11.9. The van der Waals surface area contributed by atoms with Gasteiger partial charge in [0.05, 0.1) is 5.69 Å². The summed E-state index contributed by atoms with van der Waals surface area (Å²) in [6.45, 7) is 0.373. The molecule has 0 fully saturated rings. The van der Waals surface area contributed by atoms with Gasteiger partial charge in [-0.3, -0.25) is 4.98 Å². The second kappa shape index (κ2) is 7.47. The molecule has 0 saturated carbocycles. The van der Waals surface area contributed by atoms with Gasteiger partial charge < -0.3 is 9.47 Å². The number of rotatable bonds is 6. The molecule has 0 amide bonds. The van der Waals surface area contributed by atoms with Crippen LogP contribution in [0.25, 0.3) is 11.4 Å². The van der Waals surface area contributed by atoms with Crippen LogP contribution in [0.15, 0.2) is 66.9 Å².